The van der Waals surface area contributed by atoms with Gasteiger partial charge in [-0.1, -0.05) is 31.3 Å². The SMILES string of the molecule is CCN(CC)CCN(C(=O)C=Cc1ccc([N+](=O)[O-])cc1)c1nc2c(F)cccc2s1. The van der Waals surface area contributed by atoms with Crippen molar-refractivity contribution in [1.29, 1.82) is 0 Å². The molecule has 9 heteroatoms. The van der Waals surface area contributed by atoms with E-state index in [-0.39, 0.29) is 17.1 Å². The number of para-hydroxylation sites is 1. The minimum absolute atomic E-state index is 0.0131. The van der Waals surface area contributed by atoms with Crippen molar-refractivity contribution in [2.75, 3.05) is 31.1 Å². The molecule has 0 radical (unpaired) electrons. The summed E-state index contributed by atoms with van der Waals surface area (Å²) in [7, 11) is 0. The fraction of sp³-hybridized carbons (Fsp3) is 0.273. The molecular formula is C22H23FN4O3S. The molecule has 162 valence electrons. The molecule has 0 aliphatic rings. The number of amides is 1. The molecule has 1 amide bonds. The number of anilines is 1. The van der Waals surface area contributed by atoms with Gasteiger partial charge in [0, 0.05) is 31.3 Å². The van der Waals surface area contributed by atoms with Gasteiger partial charge in [0.05, 0.1) is 9.62 Å². The van der Waals surface area contributed by atoms with Gasteiger partial charge in [0.2, 0.25) is 0 Å². The monoisotopic (exact) mass is 442 g/mol. The fourth-order valence-electron chi connectivity index (χ4n) is 3.06. The van der Waals surface area contributed by atoms with Gasteiger partial charge in [-0.2, -0.15) is 0 Å². The average molecular weight is 443 g/mol. The van der Waals surface area contributed by atoms with Crippen molar-refractivity contribution in [1.82, 2.24) is 9.88 Å². The zero-order valence-electron chi connectivity index (χ0n) is 17.3. The van der Waals surface area contributed by atoms with Crippen LogP contribution in [0.3, 0.4) is 0 Å². The number of benzene rings is 2. The number of non-ortho nitro benzene ring substituents is 1. The van der Waals surface area contributed by atoms with Crippen LogP contribution in [-0.4, -0.2) is 46.9 Å². The van der Waals surface area contributed by atoms with Crippen LogP contribution in [0.1, 0.15) is 19.4 Å². The summed E-state index contributed by atoms with van der Waals surface area (Å²) < 4.78 is 14.8. The predicted molar refractivity (Wildman–Crippen MR) is 122 cm³/mol. The third-order valence-electron chi connectivity index (χ3n) is 4.91. The molecule has 0 unspecified atom stereocenters. The molecule has 0 saturated heterocycles. The van der Waals surface area contributed by atoms with Crippen LogP contribution in [0.25, 0.3) is 16.3 Å². The van der Waals surface area contributed by atoms with Crippen molar-refractivity contribution in [2.45, 2.75) is 13.8 Å². The van der Waals surface area contributed by atoms with Crippen LogP contribution < -0.4 is 4.90 Å². The molecule has 2 aromatic carbocycles. The second-order valence-corrected chi connectivity index (χ2v) is 7.79. The number of nitro groups is 1. The zero-order valence-corrected chi connectivity index (χ0v) is 18.1. The number of hydrogen-bond donors (Lipinski definition) is 0. The largest absolute Gasteiger partial charge is 0.302 e. The molecule has 0 N–H and O–H groups in total. The smallest absolute Gasteiger partial charge is 0.269 e. The highest BCUT2D eigenvalue weighted by molar-refractivity contribution is 7.22. The highest BCUT2D eigenvalue weighted by Gasteiger charge is 2.19. The van der Waals surface area contributed by atoms with Crippen LogP contribution in [0, 0.1) is 15.9 Å². The highest BCUT2D eigenvalue weighted by Crippen LogP contribution is 2.30. The van der Waals surface area contributed by atoms with Gasteiger partial charge in [0.1, 0.15) is 11.3 Å². The number of thiazole rings is 1. The maximum atomic E-state index is 14.1. The normalized spacial score (nSPS) is 11.5. The summed E-state index contributed by atoms with van der Waals surface area (Å²) in [4.78, 5) is 31.5. The van der Waals surface area contributed by atoms with Crippen molar-refractivity contribution < 1.29 is 14.1 Å². The third-order valence-corrected chi connectivity index (χ3v) is 5.96. The lowest BCUT2D eigenvalue weighted by Crippen LogP contribution is -2.38. The summed E-state index contributed by atoms with van der Waals surface area (Å²) >= 11 is 1.27. The Labute approximate surface area is 183 Å². The minimum atomic E-state index is -0.472. The maximum absolute atomic E-state index is 14.1. The molecule has 1 heterocycles. The quantitative estimate of drug-likeness (QED) is 0.272. The van der Waals surface area contributed by atoms with Crippen molar-refractivity contribution in [2.24, 2.45) is 0 Å². The number of carbonyl (C=O) groups is 1. The van der Waals surface area contributed by atoms with E-state index in [2.05, 4.69) is 23.7 Å². The lowest BCUT2D eigenvalue weighted by atomic mass is 10.2. The van der Waals surface area contributed by atoms with E-state index in [1.807, 2.05) is 0 Å². The maximum Gasteiger partial charge on any atom is 0.269 e. The van der Waals surface area contributed by atoms with E-state index >= 15 is 0 Å². The number of nitrogens with zero attached hydrogens (tertiary/aromatic N) is 4. The van der Waals surface area contributed by atoms with Gasteiger partial charge < -0.3 is 4.90 Å². The van der Waals surface area contributed by atoms with Crippen molar-refractivity contribution in [3.05, 3.63) is 70.0 Å². The van der Waals surface area contributed by atoms with E-state index in [0.29, 0.717) is 28.5 Å². The van der Waals surface area contributed by atoms with Crippen molar-refractivity contribution >= 4 is 44.4 Å². The second kappa shape index (κ2) is 10.2. The molecule has 7 nitrogen and oxygen atoms in total. The first-order valence-corrected chi connectivity index (χ1v) is 10.8. The van der Waals surface area contributed by atoms with Gasteiger partial charge >= 0.3 is 0 Å². The highest BCUT2D eigenvalue weighted by atomic mass is 32.1. The second-order valence-electron chi connectivity index (χ2n) is 6.78. The first-order chi connectivity index (χ1) is 14.9. The van der Waals surface area contributed by atoms with Crippen LogP contribution in [0.5, 0.6) is 0 Å². The van der Waals surface area contributed by atoms with Crippen molar-refractivity contribution in [3.63, 3.8) is 0 Å². The predicted octanol–water partition coefficient (Wildman–Crippen LogP) is 4.73. The summed E-state index contributed by atoms with van der Waals surface area (Å²) in [6.45, 7) is 6.88. The Kier molecular flexibility index (Phi) is 7.43. The van der Waals surface area contributed by atoms with E-state index in [1.165, 1.54) is 35.6 Å². The molecule has 0 spiro atoms. The first-order valence-electron chi connectivity index (χ1n) is 9.94. The topological polar surface area (TPSA) is 79.6 Å². The number of rotatable bonds is 9. The summed E-state index contributed by atoms with van der Waals surface area (Å²) in [6.07, 6.45) is 3.01. The molecule has 0 aliphatic carbocycles. The lowest BCUT2D eigenvalue weighted by Gasteiger charge is -2.23. The fourth-order valence-corrected chi connectivity index (χ4v) is 4.08. The molecule has 3 rings (SSSR count). The summed E-state index contributed by atoms with van der Waals surface area (Å²) in [5, 5.41) is 11.2. The Bertz CT molecular complexity index is 1090. The van der Waals surface area contributed by atoms with Gasteiger partial charge in [-0.25, -0.2) is 9.37 Å². The number of hydrogen-bond acceptors (Lipinski definition) is 6. The minimum Gasteiger partial charge on any atom is -0.302 e. The molecule has 3 aromatic rings. The van der Waals surface area contributed by atoms with Gasteiger partial charge in [-0.3, -0.25) is 19.8 Å². The van der Waals surface area contributed by atoms with Crippen LogP contribution in [0.4, 0.5) is 15.2 Å². The standard InChI is InChI=1S/C22H23FN4O3S/c1-3-25(4-2)14-15-26(22-24-21-18(23)6-5-7-19(21)31-22)20(28)13-10-16-8-11-17(12-9-16)27(29)30/h5-13H,3-4,14-15H2,1-2H3. The summed E-state index contributed by atoms with van der Waals surface area (Å²) in [6, 6.07) is 10.7. The molecule has 0 aliphatic heterocycles. The van der Waals surface area contributed by atoms with E-state index < -0.39 is 10.7 Å². The van der Waals surface area contributed by atoms with E-state index in [0.717, 1.165) is 13.1 Å². The summed E-state index contributed by atoms with van der Waals surface area (Å²) in [5.74, 6) is -0.706. The Balaban J connectivity index is 1.86. The number of fused-ring (bicyclic) bond motifs is 1. The Morgan fingerprint density at radius 2 is 1.87 bits per heavy atom. The van der Waals surface area contributed by atoms with Crippen LogP contribution >= 0.6 is 11.3 Å². The average Bonchev–Trinajstić information content (AvgIpc) is 3.21. The molecule has 0 saturated carbocycles. The zero-order chi connectivity index (χ0) is 22.4. The molecule has 1 aromatic heterocycles. The van der Waals surface area contributed by atoms with Gasteiger partial charge in [0.15, 0.2) is 5.13 Å². The first kappa shape index (κ1) is 22.5. The number of likely N-dealkylation sites (N-methyl/N-ethyl adjacent to an activating group) is 1. The molecule has 0 fully saturated rings. The van der Waals surface area contributed by atoms with E-state index in [4.69, 9.17) is 0 Å². The number of aromatic nitrogens is 1. The number of halogens is 1. The van der Waals surface area contributed by atoms with Crippen molar-refractivity contribution in [3.8, 4) is 0 Å². The lowest BCUT2D eigenvalue weighted by molar-refractivity contribution is -0.384. The van der Waals surface area contributed by atoms with Crippen LogP contribution in [-0.2, 0) is 4.79 Å². The van der Waals surface area contributed by atoms with Gasteiger partial charge in [-0.15, -0.1) is 0 Å². The summed E-state index contributed by atoms with van der Waals surface area (Å²) in [5.41, 5.74) is 0.904. The number of nitro benzene ring substituents is 1. The van der Waals surface area contributed by atoms with Gasteiger partial charge in [-0.05, 0) is 49.0 Å². The molecular weight excluding hydrogens is 419 g/mol. The van der Waals surface area contributed by atoms with Crippen LogP contribution in [0.15, 0.2) is 48.5 Å². The van der Waals surface area contributed by atoms with E-state index in [9.17, 15) is 19.3 Å². The molecule has 0 bridgehead atoms. The Morgan fingerprint density at radius 3 is 2.48 bits per heavy atom. The van der Waals surface area contributed by atoms with E-state index in [1.54, 1.807) is 35.2 Å². The third kappa shape index (κ3) is 5.50. The Hall–Kier alpha value is -3.17. The number of carbonyl (C=O) groups excluding carboxylic acids is 1. The molecule has 31 heavy (non-hydrogen) atoms. The van der Waals surface area contributed by atoms with Gasteiger partial charge in [0.25, 0.3) is 11.6 Å². The molecule has 0 atom stereocenters. The van der Waals surface area contributed by atoms with Crippen LogP contribution in [0.2, 0.25) is 0 Å². The Morgan fingerprint density at radius 1 is 1.16 bits per heavy atom.